The van der Waals surface area contributed by atoms with E-state index in [-0.39, 0.29) is 66.8 Å². The molecule has 4 rings (SSSR count). The topological polar surface area (TPSA) is 174 Å². The van der Waals surface area contributed by atoms with Crippen LogP contribution in [-0.2, 0) is 28.8 Å². The van der Waals surface area contributed by atoms with Crippen molar-refractivity contribution in [1.82, 2.24) is 31.1 Å². The molecule has 0 aromatic heterocycles. The number of imide groups is 1. The number of likely N-dealkylation sites (tertiary alicyclic amines) is 2. The van der Waals surface area contributed by atoms with Crippen LogP contribution in [0.3, 0.4) is 0 Å². The standard InChI is InChI=1S/C41H66N6O7/c1-10-19-42-36(52)34(50)28(21-25-16-17-25)43-35(51)33-27(39(2,3)4)18-20-46(33)37(53)32(26-14-12-11-13-15-26)45-38(54)44-29(40(5,6)7)24-47-30(48)22-41(8,9)23-31(47)49/h10,25-29,32-33H,1,11-24H2,2-9H3,(H,42,52)(H,43,51)(H2,44,45,54)/t27-,28?,29+,32-,33-/m0/s1. The molecule has 54 heavy (non-hydrogen) atoms. The summed E-state index contributed by atoms with van der Waals surface area (Å²) in [4.78, 5) is 98.1. The SMILES string of the molecule is C=CCNC(=O)C(=O)C(CC1CC1)NC(=O)[C@@H]1[C@@H](C(C)(C)C)CCN1C(=O)[C@@H](NC(=O)N[C@H](CN1C(=O)CC(C)(C)CC1=O)C(C)(C)C)C1CCCCC1. The van der Waals surface area contributed by atoms with Crippen molar-refractivity contribution in [1.29, 1.82) is 0 Å². The van der Waals surface area contributed by atoms with E-state index in [0.29, 0.717) is 19.4 Å². The van der Waals surface area contributed by atoms with Gasteiger partial charge in [0.05, 0.1) is 12.1 Å². The van der Waals surface area contributed by atoms with Gasteiger partial charge in [0.25, 0.3) is 5.91 Å². The van der Waals surface area contributed by atoms with Gasteiger partial charge in [-0.3, -0.25) is 33.7 Å². The third kappa shape index (κ3) is 11.1. The maximum Gasteiger partial charge on any atom is 0.315 e. The fraction of sp³-hybridized carbons (Fsp3) is 0.780. The van der Waals surface area contributed by atoms with E-state index in [2.05, 4.69) is 27.8 Å². The van der Waals surface area contributed by atoms with E-state index in [0.717, 1.165) is 44.9 Å². The second kappa shape index (κ2) is 17.4. The van der Waals surface area contributed by atoms with Crippen LogP contribution in [0.25, 0.3) is 0 Å². The van der Waals surface area contributed by atoms with Gasteiger partial charge in [0, 0.05) is 32.5 Å². The summed E-state index contributed by atoms with van der Waals surface area (Å²) in [5.74, 6) is -3.05. The smallest absolute Gasteiger partial charge is 0.315 e. The molecule has 2 aliphatic carbocycles. The van der Waals surface area contributed by atoms with E-state index in [4.69, 9.17) is 0 Å². The summed E-state index contributed by atoms with van der Waals surface area (Å²) in [6, 6.07) is -4.04. The number of nitrogens with zero attached hydrogens (tertiary/aromatic N) is 2. The van der Waals surface area contributed by atoms with Crippen molar-refractivity contribution < 1.29 is 33.6 Å². The number of Topliss-reactive ketones (excluding diaryl/α,β-unsaturated/α-hetero) is 1. The predicted molar refractivity (Wildman–Crippen MR) is 206 cm³/mol. The summed E-state index contributed by atoms with van der Waals surface area (Å²) >= 11 is 0. The van der Waals surface area contributed by atoms with Crippen LogP contribution >= 0.6 is 0 Å². The molecule has 4 aliphatic rings. The average molecular weight is 755 g/mol. The number of urea groups is 1. The fourth-order valence-electron chi connectivity index (χ4n) is 8.36. The Kier molecular flexibility index (Phi) is 13.8. The maximum absolute atomic E-state index is 14.8. The van der Waals surface area contributed by atoms with Crippen LogP contribution in [0.2, 0.25) is 0 Å². The zero-order valence-corrected chi connectivity index (χ0v) is 34.0. The van der Waals surface area contributed by atoms with Crippen molar-refractivity contribution >= 4 is 41.4 Å². The van der Waals surface area contributed by atoms with Crippen molar-refractivity contribution in [3.8, 4) is 0 Å². The lowest BCUT2D eigenvalue weighted by Gasteiger charge is -2.40. The molecule has 0 bridgehead atoms. The number of nitrogens with one attached hydrogen (secondary N) is 4. The average Bonchev–Trinajstić information content (AvgIpc) is 3.77. The first-order chi connectivity index (χ1) is 25.1. The molecule has 1 unspecified atom stereocenters. The van der Waals surface area contributed by atoms with Crippen LogP contribution in [0.4, 0.5) is 4.79 Å². The lowest BCUT2D eigenvalue weighted by molar-refractivity contribution is -0.153. The highest BCUT2D eigenvalue weighted by atomic mass is 16.2. The normalized spacial score (nSPS) is 23.9. The first-order valence-electron chi connectivity index (χ1n) is 20.1. The van der Waals surface area contributed by atoms with Crippen molar-refractivity contribution in [3.63, 3.8) is 0 Å². The third-order valence-corrected chi connectivity index (χ3v) is 11.8. The number of carbonyl (C=O) groups is 7. The Labute approximate surface area is 321 Å². The van der Waals surface area contributed by atoms with Crippen LogP contribution in [0, 0.1) is 34.0 Å². The highest BCUT2D eigenvalue weighted by Crippen LogP contribution is 2.41. The van der Waals surface area contributed by atoms with Gasteiger partial charge in [-0.1, -0.05) is 93.6 Å². The molecule has 13 nitrogen and oxygen atoms in total. The van der Waals surface area contributed by atoms with Gasteiger partial charge in [0.15, 0.2) is 0 Å². The molecular weight excluding hydrogens is 688 g/mol. The van der Waals surface area contributed by atoms with Crippen LogP contribution in [0.5, 0.6) is 0 Å². The van der Waals surface area contributed by atoms with Gasteiger partial charge in [-0.2, -0.15) is 0 Å². The van der Waals surface area contributed by atoms with Crippen molar-refractivity contribution in [3.05, 3.63) is 12.7 Å². The van der Waals surface area contributed by atoms with E-state index < -0.39 is 58.6 Å². The Balaban J connectivity index is 1.58. The molecular formula is C41H66N6O7. The number of rotatable bonds is 14. The molecule has 2 saturated carbocycles. The van der Waals surface area contributed by atoms with Crippen molar-refractivity contribution in [2.45, 2.75) is 150 Å². The number of hydrogen-bond donors (Lipinski definition) is 4. The molecule has 0 aromatic rings. The summed E-state index contributed by atoms with van der Waals surface area (Å²) in [5, 5.41) is 11.4. The third-order valence-electron chi connectivity index (χ3n) is 11.8. The van der Waals surface area contributed by atoms with E-state index in [1.54, 1.807) is 4.90 Å². The van der Waals surface area contributed by atoms with E-state index in [1.165, 1.54) is 11.0 Å². The quantitative estimate of drug-likeness (QED) is 0.117. The molecule has 0 aromatic carbocycles. The van der Waals surface area contributed by atoms with Gasteiger partial charge in [0.2, 0.25) is 29.4 Å². The van der Waals surface area contributed by atoms with E-state index in [9.17, 15) is 33.6 Å². The molecule has 0 radical (unpaired) electrons. The molecule has 4 N–H and O–H groups in total. The Bertz CT molecular complexity index is 1430. The van der Waals surface area contributed by atoms with Gasteiger partial charge in [-0.05, 0) is 59.7 Å². The first-order valence-corrected chi connectivity index (χ1v) is 20.1. The fourth-order valence-corrected chi connectivity index (χ4v) is 8.36. The van der Waals surface area contributed by atoms with Gasteiger partial charge < -0.3 is 26.2 Å². The zero-order valence-electron chi connectivity index (χ0n) is 34.0. The lowest BCUT2D eigenvalue weighted by Crippen LogP contribution is -2.62. The Morgan fingerprint density at radius 2 is 1.48 bits per heavy atom. The van der Waals surface area contributed by atoms with Gasteiger partial charge in [-0.25, -0.2) is 4.79 Å². The van der Waals surface area contributed by atoms with E-state index >= 15 is 0 Å². The minimum absolute atomic E-state index is 0.0146. The first kappa shape index (κ1) is 43.0. The van der Waals surface area contributed by atoms with Crippen molar-refractivity contribution in [2.75, 3.05) is 19.6 Å². The maximum atomic E-state index is 14.8. The Hall–Kier alpha value is -3.77. The van der Waals surface area contributed by atoms with Crippen LogP contribution in [0.15, 0.2) is 12.7 Å². The second-order valence-electron chi connectivity index (χ2n) is 19.2. The molecule has 302 valence electrons. The Morgan fingerprint density at radius 1 is 0.870 bits per heavy atom. The highest BCUT2D eigenvalue weighted by Gasteiger charge is 2.50. The largest absolute Gasteiger partial charge is 0.346 e. The highest BCUT2D eigenvalue weighted by molar-refractivity contribution is 6.38. The van der Waals surface area contributed by atoms with Gasteiger partial charge >= 0.3 is 6.03 Å². The minimum Gasteiger partial charge on any atom is -0.346 e. The molecule has 2 saturated heterocycles. The van der Waals surface area contributed by atoms with Gasteiger partial charge in [-0.15, -0.1) is 6.58 Å². The molecule has 4 fully saturated rings. The molecule has 0 spiro atoms. The summed E-state index contributed by atoms with van der Waals surface area (Å²) in [6.07, 6.45) is 9.00. The van der Waals surface area contributed by atoms with Crippen LogP contribution in [-0.4, -0.2) is 95.0 Å². The summed E-state index contributed by atoms with van der Waals surface area (Å²) in [5.41, 5.74) is -1.34. The monoisotopic (exact) mass is 754 g/mol. The molecule has 5 atom stereocenters. The predicted octanol–water partition coefficient (Wildman–Crippen LogP) is 4.24. The number of ketones is 1. The van der Waals surface area contributed by atoms with E-state index in [1.807, 2.05) is 55.4 Å². The summed E-state index contributed by atoms with van der Waals surface area (Å²) in [7, 11) is 0. The molecule has 7 amide bonds. The number of carbonyl (C=O) groups excluding carboxylic acids is 7. The summed E-state index contributed by atoms with van der Waals surface area (Å²) < 4.78 is 0. The van der Waals surface area contributed by atoms with Crippen molar-refractivity contribution in [2.24, 2.45) is 34.0 Å². The van der Waals surface area contributed by atoms with Gasteiger partial charge in [0.1, 0.15) is 12.1 Å². The number of hydrogen-bond acceptors (Lipinski definition) is 7. The van der Waals surface area contributed by atoms with Crippen LogP contribution in [0.1, 0.15) is 126 Å². The number of amides is 7. The minimum atomic E-state index is -1.02. The molecule has 13 heteroatoms. The number of piperidine rings is 1. The lowest BCUT2D eigenvalue weighted by atomic mass is 9.75. The second-order valence-corrected chi connectivity index (χ2v) is 19.2. The molecule has 2 aliphatic heterocycles. The van der Waals surface area contributed by atoms with Crippen LogP contribution < -0.4 is 21.3 Å². The molecule has 2 heterocycles. The summed E-state index contributed by atoms with van der Waals surface area (Å²) in [6.45, 7) is 19.7. The Morgan fingerprint density at radius 3 is 2.02 bits per heavy atom. The zero-order chi connectivity index (χ0) is 40.2.